The molecule has 3 amide bonds. The standard InChI is InChI=1S/C27H33ClN4O3Si/c1-31(2)27(35)22-14-20-19-8-6-7-9-21(19)30-24(20)25(32(22)23(33)15-28)17-10-12-18(13-11-17)26(34)29-16-36(3,4)5/h6-13,22,25,30H,14-16H2,1-5H3,(H,29,34)/t22-,25-/m1/s1. The minimum Gasteiger partial charge on any atom is -0.356 e. The van der Waals surface area contributed by atoms with Gasteiger partial charge in [-0.05, 0) is 29.3 Å². The molecule has 190 valence electrons. The van der Waals surface area contributed by atoms with Crippen molar-refractivity contribution in [3.05, 3.63) is 70.9 Å². The van der Waals surface area contributed by atoms with Crippen LogP contribution in [0.5, 0.6) is 0 Å². The van der Waals surface area contributed by atoms with Gasteiger partial charge in [-0.15, -0.1) is 11.6 Å². The summed E-state index contributed by atoms with van der Waals surface area (Å²) in [5.41, 5.74) is 4.20. The number of nitrogens with one attached hydrogen (secondary N) is 2. The van der Waals surface area contributed by atoms with Gasteiger partial charge in [0.05, 0.1) is 14.1 Å². The van der Waals surface area contributed by atoms with Gasteiger partial charge in [0.2, 0.25) is 11.8 Å². The molecule has 0 aliphatic carbocycles. The molecule has 2 heterocycles. The number of carbonyl (C=O) groups is 3. The maximum absolute atomic E-state index is 13.3. The van der Waals surface area contributed by atoms with Crippen molar-refractivity contribution < 1.29 is 14.4 Å². The lowest BCUT2D eigenvalue weighted by Crippen LogP contribution is -2.54. The van der Waals surface area contributed by atoms with Gasteiger partial charge in [-0.1, -0.05) is 50.0 Å². The Morgan fingerprint density at radius 3 is 2.36 bits per heavy atom. The number of fused-ring (bicyclic) bond motifs is 3. The molecule has 9 heteroatoms. The minimum atomic E-state index is -1.43. The van der Waals surface area contributed by atoms with E-state index in [4.69, 9.17) is 11.6 Å². The van der Waals surface area contributed by atoms with E-state index in [9.17, 15) is 14.4 Å². The fraction of sp³-hybridized carbons (Fsp3) is 0.370. The average Bonchev–Trinajstić information content (AvgIpc) is 3.23. The van der Waals surface area contributed by atoms with Crippen LogP contribution in [-0.4, -0.2) is 72.8 Å². The van der Waals surface area contributed by atoms with Crippen molar-refractivity contribution in [1.29, 1.82) is 0 Å². The summed E-state index contributed by atoms with van der Waals surface area (Å²) in [5, 5.41) is 4.06. The quantitative estimate of drug-likeness (QED) is 0.378. The van der Waals surface area contributed by atoms with Crippen molar-refractivity contribution in [2.45, 2.75) is 38.1 Å². The number of H-pyrrole nitrogens is 1. The molecular weight excluding hydrogens is 492 g/mol. The first-order valence-electron chi connectivity index (χ1n) is 12.1. The highest BCUT2D eigenvalue weighted by molar-refractivity contribution is 6.76. The summed E-state index contributed by atoms with van der Waals surface area (Å²) in [6.45, 7) is 6.60. The predicted molar refractivity (Wildman–Crippen MR) is 146 cm³/mol. The third-order valence-electron chi connectivity index (χ3n) is 6.53. The van der Waals surface area contributed by atoms with Crippen LogP contribution in [0.15, 0.2) is 48.5 Å². The average molecular weight is 525 g/mol. The Labute approximate surface area is 217 Å². The molecule has 3 aromatic rings. The van der Waals surface area contributed by atoms with E-state index in [1.807, 2.05) is 36.4 Å². The molecular formula is C27H33ClN4O3Si. The number of aromatic nitrogens is 1. The second-order valence-corrected chi connectivity index (χ2v) is 16.5. The normalized spacial score (nSPS) is 17.6. The van der Waals surface area contributed by atoms with Crippen molar-refractivity contribution in [2.75, 3.05) is 26.1 Å². The van der Waals surface area contributed by atoms with Crippen molar-refractivity contribution >= 4 is 48.3 Å². The van der Waals surface area contributed by atoms with Crippen LogP contribution < -0.4 is 5.32 Å². The number of benzene rings is 2. The second-order valence-electron chi connectivity index (χ2n) is 10.7. The Morgan fingerprint density at radius 1 is 1.08 bits per heavy atom. The summed E-state index contributed by atoms with van der Waals surface area (Å²) in [4.78, 5) is 45.8. The number of halogens is 1. The summed E-state index contributed by atoms with van der Waals surface area (Å²) in [7, 11) is 1.96. The number of hydrogen-bond acceptors (Lipinski definition) is 3. The number of nitrogens with zero attached hydrogens (tertiary/aromatic N) is 2. The zero-order chi connectivity index (χ0) is 26.2. The maximum Gasteiger partial charge on any atom is 0.251 e. The summed E-state index contributed by atoms with van der Waals surface area (Å²) >= 11 is 6.06. The molecule has 0 spiro atoms. The van der Waals surface area contributed by atoms with Crippen LogP contribution in [-0.2, 0) is 16.0 Å². The summed E-state index contributed by atoms with van der Waals surface area (Å²) in [6, 6.07) is 14.0. The molecule has 0 bridgehead atoms. The van der Waals surface area contributed by atoms with Crippen LogP contribution in [0.4, 0.5) is 0 Å². The van der Waals surface area contributed by atoms with Crippen molar-refractivity contribution in [3.63, 3.8) is 0 Å². The van der Waals surface area contributed by atoms with Crippen LogP contribution in [0.2, 0.25) is 19.6 Å². The fourth-order valence-electron chi connectivity index (χ4n) is 4.77. The van der Waals surface area contributed by atoms with Gasteiger partial charge < -0.3 is 20.1 Å². The van der Waals surface area contributed by atoms with E-state index in [0.717, 1.165) is 27.7 Å². The number of aromatic amines is 1. The third-order valence-corrected chi connectivity index (χ3v) is 7.99. The smallest absolute Gasteiger partial charge is 0.251 e. The van der Waals surface area contributed by atoms with Crippen LogP contribution in [0.25, 0.3) is 10.9 Å². The zero-order valence-electron chi connectivity index (χ0n) is 21.4. The van der Waals surface area contributed by atoms with Crippen molar-refractivity contribution in [3.8, 4) is 0 Å². The molecule has 7 nitrogen and oxygen atoms in total. The van der Waals surface area contributed by atoms with E-state index in [1.54, 1.807) is 31.1 Å². The maximum atomic E-state index is 13.3. The highest BCUT2D eigenvalue weighted by Crippen LogP contribution is 2.41. The zero-order valence-corrected chi connectivity index (χ0v) is 23.1. The van der Waals surface area contributed by atoms with Crippen LogP contribution in [0.1, 0.15) is 33.2 Å². The molecule has 0 fully saturated rings. The Balaban J connectivity index is 1.80. The summed E-state index contributed by atoms with van der Waals surface area (Å²) in [5.74, 6) is -0.825. The van der Waals surface area contributed by atoms with Gasteiger partial charge in [-0.2, -0.15) is 0 Å². The molecule has 1 aromatic heterocycles. The van der Waals surface area contributed by atoms with Gasteiger partial charge in [0.1, 0.15) is 11.9 Å². The van der Waals surface area contributed by atoms with Gasteiger partial charge in [0, 0.05) is 48.8 Å². The van der Waals surface area contributed by atoms with E-state index >= 15 is 0 Å². The largest absolute Gasteiger partial charge is 0.356 e. The van der Waals surface area contributed by atoms with E-state index in [-0.39, 0.29) is 23.6 Å². The summed E-state index contributed by atoms with van der Waals surface area (Å²) < 4.78 is 0. The van der Waals surface area contributed by atoms with E-state index in [0.29, 0.717) is 18.2 Å². The molecule has 0 saturated heterocycles. The molecule has 2 N–H and O–H groups in total. The number of alkyl halides is 1. The summed E-state index contributed by atoms with van der Waals surface area (Å²) in [6.07, 6.45) is 1.09. The molecule has 36 heavy (non-hydrogen) atoms. The molecule has 2 aromatic carbocycles. The lowest BCUT2D eigenvalue weighted by Gasteiger charge is -2.42. The topological polar surface area (TPSA) is 85.5 Å². The van der Waals surface area contributed by atoms with Crippen LogP contribution in [0.3, 0.4) is 0 Å². The monoisotopic (exact) mass is 524 g/mol. The molecule has 1 aliphatic rings. The van der Waals surface area contributed by atoms with Crippen LogP contribution >= 0.6 is 11.6 Å². The SMILES string of the molecule is CN(C)C(=O)[C@H]1Cc2c([nH]c3ccccc23)[C@@H](c2ccc(C(=O)NC[Si](C)(C)C)cc2)N1C(=O)CCl. The number of para-hydroxylation sites is 1. The molecule has 0 radical (unpaired) electrons. The number of amides is 3. The Kier molecular flexibility index (Phi) is 7.29. The number of hydrogen-bond donors (Lipinski definition) is 2. The van der Waals surface area contributed by atoms with Gasteiger partial charge >= 0.3 is 0 Å². The highest BCUT2D eigenvalue weighted by atomic mass is 35.5. The van der Waals surface area contributed by atoms with Gasteiger partial charge in [0.25, 0.3) is 5.91 Å². The first-order chi connectivity index (χ1) is 17.0. The highest BCUT2D eigenvalue weighted by Gasteiger charge is 2.43. The van der Waals surface area contributed by atoms with Crippen LogP contribution in [0, 0.1) is 0 Å². The Bertz CT molecular complexity index is 1300. The van der Waals surface area contributed by atoms with Gasteiger partial charge in [-0.25, -0.2) is 0 Å². The van der Waals surface area contributed by atoms with Crippen molar-refractivity contribution in [2.24, 2.45) is 0 Å². The van der Waals surface area contributed by atoms with Crippen molar-refractivity contribution in [1.82, 2.24) is 20.1 Å². The first kappa shape index (κ1) is 26.0. The second kappa shape index (κ2) is 10.1. The minimum absolute atomic E-state index is 0.117. The van der Waals surface area contributed by atoms with E-state index in [2.05, 4.69) is 29.9 Å². The fourth-order valence-corrected chi connectivity index (χ4v) is 5.60. The van der Waals surface area contributed by atoms with Gasteiger partial charge in [0.15, 0.2) is 0 Å². The molecule has 1 aliphatic heterocycles. The number of carbonyl (C=O) groups excluding carboxylic acids is 3. The molecule has 0 saturated carbocycles. The van der Waals surface area contributed by atoms with E-state index in [1.165, 1.54) is 4.90 Å². The molecule has 2 atom stereocenters. The number of likely N-dealkylation sites (N-methyl/N-ethyl adjacent to an activating group) is 1. The lowest BCUT2D eigenvalue weighted by molar-refractivity contribution is -0.145. The Hall–Kier alpha value is -3.10. The van der Waals surface area contributed by atoms with E-state index < -0.39 is 20.2 Å². The number of rotatable bonds is 6. The Morgan fingerprint density at radius 2 is 1.75 bits per heavy atom. The van der Waals surface area contributed by atoms with Gasteiger partial charge in [-0.3, -0.25) is 14.4 Å². The molecule has 4 rings (SSSR count). The predicted octanol–water partition coefficient (Wildman–Crippen LogP) is 3.94. The molecule has 0 unspecified atom stereocenters. The first-order valence-corrected chi connectivity index (χ1v) is 16.3. The lowest BCUT2D eigenvalue weighted by atomic mass is 9.87. The third kappa shape index (κ3) is 5.06.